The van der Waals surface area contributed by atoms with Crippen molar-refractivity contribution in [2.45, 2.75) is 26.2 Å². The zero-order valence-electron chi connectivity index (χ0n) is 18.7. The summed E-state index contributed by atoms with van der Waals surface area (Å²) in [6, 6.07) is 7.67. The number of esters is 1. The number of hydrogen-bond acceptors (Lipinski definition) is 9. The number of anilines is 1. The Morgan fingerprint density at radius 3 is 2.71 bits per heavy atom. The molecule has 1 aromatic carbocycles. The molecule has 2 N–H and O–H groups in total. The molecular weight excluding hydrogens is 476 g/mol. The van der Waals surface area contributed by atoms with Crippen LogP contribution in [0.15, 0.2) is 39.9 Å². The molecule has 0 bridgehead atoms. The van der Waals surface area contributed by atoms with Crippen molar-refractivity contribution in [3.8, 4) is 11.3 Å². The van der Waals surface area contributed by atoms with Crippen molar-refractivity contribution < 1.29 is 28.5 Å². The lowest BCUT2D eigenvalue weighted by Crippen LogP contribution is -2.32. The Labute approximate surface area is 202 Å². The number of benzene rings is 1. The molecule has 12 heteroatoms. The van der Waals surface area contributed by atoms with Crippen molar-refractivity contribution in [3.63, 3.8) is 0 Å². The van der Waals surface area contributed by atoms with Gasteiger partial charge >= 0.3 is 17.8 Å². The molecule has 1 aliphatic carbocycles. The van der Waals surface area contributed by atoms with E-state index in [1.54, 1.807) is 25.1 Å². The second kappa shape index (κ2) is 9.89. The zero-order chi connectivity index (χ0) is 25.1. The first-order valence-corrected chi connectivity index (χ1v) is 11.3. The van der Waals surface area contributed by atoms with Crippen LogP contribution in [0, 0.1) is 17.0 Å². The lowest BCUT2D eigenvalue weighted by atomic mass is 10.1. The number of amides is 2. The van der Waals surface area contributed by atoms with E-state index in [2.05, 4.69) is 15.8 Å². The van der Waals surface area contributed by atoms with Gasteiger partial charge in [-0.2, -0.15) is 5.10 Å². The molecule has 2 aromatic heterocycles. The fraction of sp³-hybridized carbons (Fsp3) is 0.217. The third-order valence-electron chi connectivity index (χ3n) is 5.42. The standard InChI is InChI=1S/C23H20N4O7S/c1-12-10-13(27(31)32)6-8-15(12)17-9-7-14(34-17)11-24-26-21(29)20(28)25-22-19(23(30)33-2)16-4-3-5-18(16)35-22/h6-11H,3-5H2,1-2H3,(H,25,28)(H,26,29). The van der Waals surface area contributed by atoms with Gasteiger partial charge in [-0.25, -0.2) is 10.2 Å². The molecule has 11 nitrogen and oxygen atoms in total. The first kappa shape index (κ1) is 23.8. The van der Waals surface area contributed by atoms with Gasteiger partial charge in [-0.15, -0.1) is 11.3 Å². The van der Waals surface area contributed by atoms with Gasteiger partial charge in [0.1, 0.15) is 16.5 Å². The maximum atomic E-state index is 12.3. The van der Waals surface area contributed by atoms with Crippen LogP contribution in [0.5, 0.6) is 0 Å². The van der Waals surface area contributed by atoms with Crippen molar-refractivity contribution in [2.75, 3.05) is 12.4 Å². The molecule has 4 rings (SSSR count). The average Bonchev–Trinajstić information content (AvgIpc) is 3.55. The van der Waals surface area contributed by atoms with Crippen molar-refractivity contribution in [2.24, 2.45) is 5.10 Å². The molecule has 35 heavy (non-hydrogen) atoms. The van der Waals surface area contributed by atoms with E-state index >= 15 is 0 Å². The third kappa shape index (κ3) is 4.96. The second-order valence-electron chi connectivity index (χ2n) is 7.66. The summed E-state index contributed by atoms with van der Waals surface area (Å²) in [5, 5.41) is 17.4. The fourth-order valence-electron chi connectivity index (χ4n) is 3.78. The van der Waals surface area contributed by atoms with E-state index in [4.69, 9.17) is 9.15 Å². The number of hydrazone groups is 1. The van der Waals surface area contributed by atoms with Gasteiger partial charge in [0.25, 0.3) is 5.69 Å². The van der Waals surface area contributed by atoms with Crippen LogP contribution >= 0.6 is 11.3 Å². The Bertz CT molecular complexity index is 1370. The number of thiophene rings is 1. The molecule has 0 saturated heterocycles. The molecule has 1 aliphatic rings. The predicted molar refractivity (Wildman–Crippen MR) is 128 cm³/mol. The van der Waals surface area contributed by atoms with Crippen molar-refractivity contribution in [1.29, 1.82) is 0 Å². The number of carbonyl (C=O) groups is 3. The van der Waals surface area contributed by atoms with Crippen LogP contribution in [0.1, 0.15) is 38.5 Å². The van der Waals surface area contributed by atoms with Crippen LogP contribution in [-0.2, 0) is 27.2 Å². The Kier molecular flexibility index (Phi) is 6.73. The number of furan rings is 1. The van der Waals surface area contributed by atoms with Crippen LogP contribution in [0.2, 0.25) is 0 Å². The summed E-state index contributed by atoms with van der Waals surface area (Å²) < 4.78 is 10.5. The SMILES string of the molecule is COC(=O)c1c(NC(=O)C(=O)NN=Cc2ccc(-c3ccc([N+](=O)[O-])cc3C)o2)sc2c1CCC2. The molecular formula is C23H20N4O7S. The van der Waals surface area contributed by atoms with Crippen LogP contribution in [-0.4, -0.2) is 36.0 Å². The molecule has 0 unspecified atom stereocenters. The molecule has 0 fully saturated rings. The minimum Gasteiger partial charge on any atom is -0.465 e. The Balaban J connectivity index is 1.39. The number of nitro groups is 1. The zero-order valence-corrected chi connectivity index (χ0v) is 19.6. The molecule has 0 saturated carbocycles. The van der Waals surface area contributed by atoms with Crippen LogP contribution in [0.4, 0.5) is 10.7 Å². The Morgan fingerprint density at radius 1 is 1.20 bits per heavy atom. The molecule has 0 radical (unpaired) electrons. The number of non-ortho nitro benzene ring substituents is 1. The number of hydrogen-bond donors (Lipinski definition) is 2. The summed E-state index contributed by atoms with van der Waals surface area (Å²) in [4.78, 5) is 48.1. The van der Waals surface area contributed by atoms with E-state index in [-0.39, 0.29) is 10.7 Å². The number of nitrogens with zero attached hydrogens (tertiary/aromatic N) is 2. The van der Waals surface area contributed by atoms with Crippen molar-refractivity contribution in [1.82, 2.24) is 5.43 Å². The van der Waals surface area contributed by atoms with E-state index in [9.17, 15) is 24.5 Å². The minimum atomic E-state index is -1.02. The minimum absolute atomic E-state index is 0.0218. The van der Waals surface area contributed by atoms with E-state index < -0.39 is 22.7 Å². The van der Waals surface area contributed by atoms with E-state index in [0.717, 1.165) is 23.3 Å². The Hall–Kier alpha value is -4.32. The molecule has 180 valence electrons. The summed E-state index contributed by atoms with van der Waals surface area (Å²) in [6.07, 6.45) is 3.66. The highest BCUT2D eigenvalue weighted by atomic mass is 32.1. The lowest BCUT2D eigenvalue weighted by Gasteiger charge is -2.06. The van der Waals surface area contributed by atoms with Gasteiger partial charge in [0.05, 0.1) is 23.8 Å². The van der Waals surface area contributed by atoms with Gasteiger partial charge in [0.2, 0.25) is 0 Å². The molecule has 0 atom stereocenters. The van der Waals surface area contributed by atoms with Gasteiger partial charge in [0.15, 0.2) is 0 Å². The number of fused-ring (bicyclic) bond motifs is 1. The summed E-state index contributed by atoms with van der Waals surface area (Å²) >= 11 is 1.26. The van der Waals surface area contributed by atoms with Gasteiger partial charge < -0.3 is 14.5 Å². The van der Waals surface area contributed by atoms with Gasteiger partial charge in [0, 0.05) is 22.6 Å². The number of ether oxygens (including phenoxy) is 1. The van der Waals surface area contributed by atoms with Crippen molar-refractivity contribution >= 4 is 46.0 Å². The molecule has 2 amide bonds. The maximum absolute atomic E-state index is 12.3. The van der Waals surface area contributed by atoms with Gasteiger partial charge in [-0.3, -0.25) is 19.7 Å². The van der Waals surface area contributed by atoms with E-state index in [0.29, 0.717) is 34.6 Å². The number of methoxy groups -OCH3 is 1. The highest BCUT2D eigenvalue weighted by Gasteiger charge is 2.29. The first-order valence-electron chi connectivity index (χ1n) is 10.5. The van der Waals surface area contributed by atoms with Crippen LogP contribution < -0.4 is 10.7 Å². The number of aryl methyl sites for hydroxylation is 2. The van der Waals surface area contributed by atoms with Crippen LogP contribution in [0.3, 0.4) is 0 Å². The Morgan fingerprint density at radius 2 is 2.00 bits per heavy atom. The van der Waals surface area contributed by atoms with Gasteiger partial charge in [-0.05, 0) is 55.5 Å². The smallest absolute Gasteiger partial charge is 0.341 e. The number of nitrogens with one attached hydrogen (secondary N) is 2. The number of carbonyl (C=O) groups excluding carboxylic acids is 3. The fourth-order valence-corrected chi connectivity index (χ4v) is 5.05. The molecule has 0 spiro atoms. The monoisotopic (exact) mass is 496 g/mol. The number of rotatable bonds is 6. The summed E-state index contributed by atoms with van der Waals surface area (Å²) in [7, 11) is 1.26. The molecule has 0 aliphatic heterocycles. The normalized spacial score (nSPS) is 12.4. The predicted octanol–water partition coefficient (Wildman–Crippen LogP) is 3.59. The molecule has 3 aromatic rings. The maximum Gasteiger partial charge on any atom is 0.341 e. The highest BCUT2D eigenvalue weighted by molar-refractivity contribution is 7.17. The van der Waals surface area contributed by atoms with E-state index in [1.807, 2.05) is 0 Å². The quantitative estimate of drug-likeness (QED) is 0.174. The molecule has 2 heterocycles. The highest BCUT2D eigenvalue weighted by Crippen LogP contribution is 2.39. The van der Waals surface area contributed by atoms with Gasteiger partial charge in [-0.1, -0.05) is 0 Å². The topological polar surface area (TPSA) is 153 Å². The second-order valence-corrected chi connectivity index (χ2v) is 8.77. The van der Waals surface area contributed by atoms with Crippen LogP contribution in [0.25, 0.3) is 11.3 Å². The largest absolute Gasteiger partial charge is 0.465 e. The van der Waals surface area contributed by atoms with Crippen molar-refractivity contribution in [3.05, 3.63) is 67.8 Å². The summed E-state index contributed by atoms with van der Waals surface area (Å²) in [6.45, 7) is 1.73. The number of nitro benzene ring substituents is 1. The average molecular weight is 497 g/mol. The summed E-state index contributed by atoms with van der Waals surface area (Å²) in [5.74, 6) is -1.81. The third-order valence-corrected chi connectivity index (χ3v) is 6.62. The summed E-state index contributed by atoms with van der Waals surface area (Å²) in [5.41, 5.74) is 4.57. The first-order chi connectivity index (χ1) is 16.8. The van der Waals surface area contributed by atoms with E-state index in [1.165, 1.54) is 36.8 Å². The lowest BCUT2D eigenvalue weighted by molar-refractivity contribution is -0.384.